The molecule has 7 heteroatoms. The zero-order chi connectivity index (χ0) is 17.4. The van der Waals surface area contributed by atoms with Crippen LogP contribution in [0.3, 0.4) is 0 Å². The highest BCUT2D eigenvalue weighted by molar-refractivity contribution is 6.13. The molecule has 0 atom stereocenters. The molecule has 6 nitrogen and oxygen atoms in total. The Bertz CT molecular complexity index is 1050. The van der Waals surface area contributed by atoms with Gasteiger partial charge in [0.1, 0.15) is 0 Å². The van der Waals surface area contributed by atoms with Crippen LogP contribution in [0.5, 0.6) is 0 Å². The minimum atomic E-state index is -0.460. The number of hydrogen-bond acceptors (Lipinski definition) is 3. The minimum absolute atomic E-state index is 0. The average Bonchev–Trinajstić information content (AvgIpc) is 3.02. The number of benzene rings is 3. The van der Waals surface area contributed by atoms with Crippen molar-refractivity contribution >= 4 is 58.4 Å². The van der Waals surface area contributed by atoms with Crippen LogP contribution >= 0.6 is 12.4 Å². The molecule has 0 bridgehead atoms. The van der Waals surface area contributed by atoms with Crippen molar-refractivity contribution in [1.29, 1.82) is 5.41 Å². The molecule has 1 aliphatic rings. The summed E-state index contributed by atoms with van der Waals surface area (Å²) in [6.45, 7) is 0. The molecule has 26 heavy (non-hydrogen) atoms. The predicted octanol–water partition coefficient (Wildman–Crippen LogP) is 5.11. The second-order valence-electron chi connectivity index (χ2n) is 5.74. The maximum absolute atomic E-state index is 10.8. The summed E-state index contributed by atoms with van der Waals surface area (Å²) >= 11 is 0. The van der Waals surface area contributed by atoms with Crippen LogP contribution in [0.1, 0.15) is 11.1 Å². The first kappa shape index (κ1) is 17.4. The van der Waals surface area contributed by atoms with Crippen molar-refractivity contribution in [2.45, 2.75) is 0 Å². The van der Waals surface area contributed by atoms with Gasteiger partial charge in [-0.2, -0.15) is 0 Å². The van der Waals surface area contributed by atoms with Crippen LogP contribution in [0, 0.1) is 15.5 Å². The highest BCUT2D eigenvalue weighted by Gasteiger charge is 2.12. The Balaban J connectivity index is 0.00000196. The third-order valence-electron chi connectivity index (χ3n) is 4.13. The number of nitrogens with one attached hydrogen (secondary N) is 3. The number of non-ortho nitro benzene ring substituents is 1. The molecule has 3 aromatic rings. The molecule has 130 valence electrons. The molecular weight excluding hydrogens is 352 g/mol. The number of hydrogen-bond donors (Lipinski definition) is 3. The lowest BCUT2D eigenvalue weighted by atomic mass is 10.0. The van der Waals surface area contributed by atoms with Gasteiger partial charge < -0.3 is 10.6 Å². The van der Waals surface area contributed by atoms with Gasteiger partial charge in [-0.1, -0.05) is 42.5 Å². The Morgan fingerprint density at radius 2 is 1.69 bits per heavy atom. The zero-order valence-corrected chi connectivity index (χ0v) is 14.3. The molecule has 0 radical (unpaired) electrons. The van der Waals surface area contributed by atoms with Crippen LogP contribution in [-0.4, -0.2) is 10.9 Å². The smallest absolute Gasteiger partial charge is 0.271 e. The fraction of sp³-hybridized carbons (Fsp3) is 0. The predicted molar refractivity (Wildman–Crippen MR) is 108 cm³/mol. The van der Waals surface area contributed by atoms with Gasteiger partial charge >= 0.3 is 0 Å². The van der Waals surface area contributed by atoms with E-state index in [4.69, 9.17) is 5.41 Å². The van der Waals surface area contributed by atoms with Crippen molar-refractivity contribution in [2.75, 3.05) is 10.6 Å². The second-order valence-corrected chi connectivity index (χ2v) is 5.74. The van der Waals surface area contributed by atoms with Crippen LogP contribution in [0.2, 0.25) is 0 Å². The lowest BCUT2D eigenvalue weighted by Gasteiger charge is -2.13. The third-order valence-corrected chi connectivity index (χ3v) is 4.13. The first-order valence-electron chi connectivity index (χ1n) is 7.73. The van der Waals surface area contributed by atoms with Crippen molar-refractivity contribution in [3.8, 4) is 0 Å². The van der Waals surface area contributed by atoms with Gasteiger partial charge in [0.25, 0.3) is 5.69 Å². The fourth-order valence-electron chi connectivity index (χ4n) is 3.04. The monoisotopic (exact) mass is 366 g/mol. The third kappa shape index (κ3) is 3.10. The summed E-state index contributed by atoms with van der Waals surface area (Å²) in [5.41, 5.74) is 3.60. The number of nitro groups is 1. The van der Waals surface area contributed by atoms with Gasteiger partial charge in [0.15, 0.2) is 5.96 Å². The van der Waals surface area contributed by atoms with Crippen LogP contribution in [0.15, 0.2) is 54.6 Å². The van der Waals surface area contributed by atoms with Crippen LogP contribution in [0.4, 0.5) is 17.1 Å². The molecule has 0 spiro atoms. The first-order chi connectivity index (χ1) is 12.1. The number of nitrogens with zero attached hydrogens (tertiary/aromatic N) is 1. The summed E-state index contributed by atoms with van der Waals surface area (Å²) in [6.07, 6.45) is 4.15. The lowest BCUT2D eigenvalue weighted by Crippen LogP contribution is -2.20. The minimum Gasteiger partial charge on any atom is -0.326 e. The number of nitro benzene ring substituents is 1. The van der Waals surface area contributed by atoms with Crippen LogP contribution in [0.25, 0.3) is 22.9 Å². The summed E-state index contributed by atoms with van der Waals surface area (Å²) in [7, 11) is 0. The lowest BCUT2D eigenvalue weighted by molar-refractivity contribution is -0.384. The van der Waals surface area contributed by atoms with Crippen LogP contribution in [-0.2, 0) is 0 Å². The molecule has 0 saturated carbocycles. The van der Waals surface area contributed by atoms with E-state index in [0.29, 0.717) is 5.69 Å². The van der Waals surface area contributed by atoms with Crippen molar-refractivity contribution in [3.05, 3.63) is 75.8 Å². The molecule has 0 aliphatic heterocycles. The van der Waals surface area contributed by atoms with E-state index in [1.807, 2.05) is 24.3 Å². The molecule has 3 aromatic carbocycles. The normalized spacial score (nSPS) is 11.1. The Morgan fingerprint density at radius 1 is 0.962 bits per heavy atom. The molecule has 0 aromatic heterocycles. The van der Waals surface area contributed by atoms with Gasteiger partial charge in [0.2, 0.25) is 0 Å². The molecule has 0 unspecified atom stereocenters. The highest BCUT2D eigenvalue weighted by atomic mass is 35.5. The van der Waals surface area contributed by atoms with Crippen molar-refractivity contribution in [3.63, 3.8) is 0 Å². The quantitative estimate of drug-likeness (QED) is 0.203. The number of anilines is 2. The Kier molecular flexibility index (Phi) is 4.60. The summed E-state index contributed by atoms with van der Waals surface area (Å²) in [4.78, 5) is 10.4. The second kappa shape index (κ2) is 6.85. The maximum atomic E-state index is 10.8. The van der Waals surface area contributed by atoms with Gasteiger partial charge in [-0.25, -0.2) is 0 Å². The Morgan fingerprint density at radius 3 is 2.46 bits per heavy atom. The first-order valence-corrected chi connectivity index (χ1v) is 7.73. The van der Waals surface area contributed by atoms with E-state index < -0.39 is 4.92 Å². The van der Waals surface area contributed by atoms with Crippen LogP contribution < -0.4 is 10.6 Å². The molecule has 0 saturated heterocycles. The van der Waals surface area contributed by atoms with E-state index in [0.717, 1.165) is 27.6 Å². The van der Waals surface area contributed by atoms with Crippen molar-refractivity contribution < 1.29 is 4.92 Å². The largest absolute Gasteiger partial charge is 0.326 e. The summed E-state index contributed by atoms with van der Waals surface area (Å²) in [5.74, 6) is 0.0483. The summed E-state index contributed by atoms with van der Waals surface area (Å²) < 4.78 is 0. The fourth-order valence-corrected chi connectivity index (χ4v) is 3.04. The van der Waals surface area contributed by atoms with Gasteiger partial charge in [-0.15, -0.1) is 12.4 Å². The van der Waals surface area contributed by atoms with E-state index in [-0.39, 0.29) is 24.1 Å². The average molecular weight is 367 g/mol. The van der Waals surface area contributed by atoms with E-state index in [1.54, 1.807) is 12.1 Å². The van der Waals surface area contributed by atoms with E-state index in [1.165, 1.54) is 12.1 Å². The van der Waals surface area contributed by atoms with E-state index in [2.05, 4.69) is 28.9 Å². The summed E-state index contributed by atoms with van der Waals surface area (Å²) in [6, 6.07) is 16.1. The molecule has 3 N–H and O–H groups in total. The number of halogens is 1. The highest BCUT2D eigenvalue weighted by Crippen LogP contribution is 2.35. The molecule has 0 fully saturated rings. The SMILES string of the molecule is Cl.N=C(Nc1cccc([N+](=O)[O-])c1)Nc1ccc2c3c(cccc13)C=C2. The van der Waals surface area contributed by atoms with Crippen molar-refractivity contribution in [2.24, 2.45) is 0 Å². The number of guanidine groups is 1. The molecule has 4 rings (SSSR count). The van der Waals surface area contributed by atoms with E-state index in [9.17, 15) is 10.1 Å². The standard InChI is InChI=1S/C19H14N4O2.ClH/c20-19(21-14-4-2-5-15(11-14)23(24)25)22-17-10-9-13-8-7-12-3-1-6-16(17)18(12)13;/h1-11H,(H3,20,21,22);1H. The molecule has 0 heterocycles. The Hall–Kier alpha value is -3.38. The van der Waals surface area contributed by atoms with Gasteiger partial charge in [-0.05, 0) is 28.6 Å². The molecular formula is C19H15ClN4O2. The van der Waals surface area contributed by atoms with Crippen molar-refractivity contribution in [1.82, 2.24) is 0 Å². The summed E-state index contributed by atoms with van der Waals surface area (Å²) in [5, 5.41) is 27.1. The van der Waals surface area contributed by atoms with E-state index >= 15 is 0 Å². The molecule has 1 aliphatic carbocycles. The van der Waals surface area contributed by atoms with Gasteiger partial charge in [-0.3, -0.25) is 15.5 Å². The maximum Gasteiger partial charge on any atom is 0.271 e. The topological polar surface area (TPSA) is 91.0 Å². The zero-order valence-electron chi connectivity index (χ0n) is 13.5. The van der Waals surface area contributed by atoms with Gasteiger partial charge in [0.05, 0.1) is 4.92 Å². The Labute approximate surface area is 155 Å². The molecule has 0 amide bonds. The number of rotatable bonds is 3. The van der Waals surface area contributed by atoms with Gasteiger partial charge in [0, 0.05) is 28.9 Å².